The lowest BCUT2D eigenvalue weighted by molar-refractivity contribution is -0.119. The van der Waals surface area contributed by atoms with Crippen molar-refractivity contribution in [1.29, 1.82) is 0 Å². The zero-order valence-corrected chi connectivity index (χ0v) is 19.6. The van der Waals surface area contributed by atoms with Gasteiger partial charge in [0.1, 0.15) is 10.8 Å². The molecule has 0 saturated heterocycles. The van der Waals surface area contributed by atoms with Crippen molar-refractivity contribution in [3.63, 3.8) is 0 Å². The van der Waals surface area contributed by atoms with Gasteiger partial charge in [0.2, 0.25) is 0 Å². The molecule has 0 unspecified atom stereocenters. The van der Waals surface area contributed by atoms with Gasteiger partial charge in [-0.25, -0.2) is 14.6 Å². The number of aryl methyl sites for hydroxylation is 3. The molecule has 2 heterocycles. The van der Waals surface area contributed by atoms with Gasteiger partial charge in [-0.05, 0) is 57.2 Å². The van der Waals surface area contributed by atoms with Gasteiger partial charge in [0.05, 0.1) is 23.9 Å². The zero-order chi connectivity index (χ0) is 23.5. The first-order valence-corrected chi connectivity index (χ1v) is 11.5. The third-order valence-electron chi connectivity index (χ3n) is 5.67. The number of ether oxygens (including phenoxy) is 2. The summed E-state index contributed by atoms with van der Waals surface area (Å²) in [4.78, 5) is 45.9. The molecule has 1 aliphatic carbocycles. The number of rotatable bonds is 6. The second-order valence-corrected chi connectivity index (χ2v) is 9.01. The fraction of sp³-hybridized carbons (Fsp3) is 0.333. The van der Waals surface area contributed by atoms with Gasteiger partial charge in [0, 0.05) is 16.1 Å². The molecule has 0 aliphatic heterocycles. The summed E-state index contributed by atoms with van der Waals surface area (Å²) < 4.78 is 10.1. The minimum atomic E-state index is -0.609. The van der Waals surface area contributed by atoms with Gasteiger partial charge in [-0.2, -0.15) is 0 Å². The van der Waals surface area contributed by atoms with E-state index in [0.717, 1.165) is 58.9 Å². The summed E-state index contributed by atoms with van der Waals surface area (Å²) in [6.07, 6.45) is 3.71. The van der Waals surface area contributed by atoms with Crippen molar-refractivity contribution in [2.75, 3.05) is 19.0 Å². The molecule has 33 heavy (non-hydrogen) atoms. The number of hydrogen-bond donors (Lipinski definition) is 2. The molecule has 1 amide bonds. The van der Waals surface area contributed by atoms with Crippen LogP contribution < -0.4 is 5.32 Å². The van der Waals surface area contributed by atoms with E-state index in [1.54, 1.807) is 24.3 Å². The van der Waals surface area contributed by atoms with E-state index in [-0.39, 0.29) is 0 Å². The van der Waals surface area contributed by atoms with Gasteiger partial charge in [0.25, 0.3) is 5.91 Å². The number of aromatic nitrogens is 2. The van der Waals surface area contributed by atoms with Crippen LogP contribution >= 0.6 is 11.3 Å². The number of carbonyl (C=O) groups is 3. The summed E-state index contributed by atoms with van der Waals surface area (Å²) in [6, 6.07) is 6.80. The average Bonchev–Trinajstić information content (AvgIpc) is 3.36. The van der Waals surface area contributed by atoms with Crippen molar-refractivity contribution in [1.82, 2.24) is 9.97 Å². The van der Waals surface area contributed by atoms with Crippen molar-refractivity contribution in [2.24, 2.45) is 0 Å². The number of hydrogen-bond acceptors (Lipinski definition) is 7. The molecule has 2 N–H and O–H groups in total. The number of H-pyrrole nitrogens is 1. The first-order valence-electron chi connectivity index (χ1n) is 10.7. The summed E-state index contributed by atoms with van der Waals surface area (Å²) in [5.41, 5.74) is 4.44. The Morgan fingerprint density at radius 2 is 1.82 bits per heavy atom. The average molecular weight is 468 g/mol. The van der Waals surface area contributed by atoms with Crippen LogP contribution in [0.4, 0.5) is 5.00 Å². The maximum Gasteiger partial charge on any atom is 0.341 e. The van der Waals surface area contributed by atoms with Crippen molar-refractivity contribution in [3.8, 4) is 11.4 Å². The highest BCUT2D eigenvalue weighted by molar-refractivity contribution is 7.17. The Kier molecular flexibility index (Phi) is 6.60. The highest BCUT2D eigenvalue weighted by atomic mass is 32.1. The quantitative estimate of drug-likeness (QED) is 0.525. The maximum absolute atomic E-state index is 12.5. The van der Waals surface area contributed by atoms with Crippen molar-refractivity contribution < 1.29 is 23.9 Å². The second kappa shape index (κ2) is 9.58. The van der Waals surface area contributed by atoms with E-state index in [0.29, 0.717) is 16.1 Å². The molecule has 0 radical (unpaired) electrons. The summed E-state index contributed by atoms with van der Waals surface area (Å²) >= 11 is 1.38. The van der Waals surface area contributed by atoms with Crippen LogP contribution in [-0.2, 0) is 27.1 Å². The monoisotopic (exact) mass is 467 g/mol. The number of anilines is 1. The Hall–Kier alpha value is -3.46. The van der Waals surface area contributed by atoms with Crippen LogP contribution in [0.15, 0.2) is 24.3 Å². The molecule has 0 atom stereocenters. The number of imidazole rings is 1. The summed E-state index contributed by atoms with van der Waals surface area (Å²) in [7, 11) is 1.32. The lowest BCUT2D eigenvalue weighted by Crippen LogP contribution is -2.21. The van der Waals surface area contributed by atoms with Crippen LogP contribution in [0.3, 0.4) is 0 Å². The standard InChI is InChI=1S/C24H25N3O5S/c1-13-14(2)26-21(25-13)15-8-10-16(11-9-15)23(29)32-12-19(28)27-22-20(24(30)31-3)17-6-4-5-7-18(17)33-22/h8-11H,4-7,12H2,1-3H3,(H,25,26)(H,27,28). The van der Waals surface area contributed by atoms with E-state index in [1.165, 1.54) is 18.4 Å². The van der Waals surface area contributed by atoms with Gasteiger partial charge in [-0.3, -0.25) is 4.79 Å². The topological polar surface area (TPSA) is 110 Å². The normalized spacial score (nSPS) is 12.7. The van der Waals surface area contributed by atoms with Crippen LogP contribution in [0.2, 0.25) is 0 Å². The molecule has 1 aromatic carbocycles. The Labute approximate surface area is 195 Å². The molecule has 4 rings (SSSR count). The smallest absolute Gasteiger partial charge is 0.341 e. The number of nitrogens with one attached hydrogen (secondary N) is 2. The number of carbonyl (C=O) groups excluding carboxylic acids is 3. The predicted octanol–water partition coefficient (Wildman–Crippen LogP) is 4.22. The summed E-state index contributed by atoms with van der Waals surface area (Å²) in [6.45, 7) is 3.41. The minimum Gasteiger partial charge on any atom is -0.465 e. The van der Waals surface area contributed by atoms with Gasteiger partial charge in [-0.1, -0.05) is 12.1 Å². The maximum atomic E-state index is 12.5. The molecule has 0 fully saturated rings. The number of aromatic amines is 1. The van der Waals surface area contributed by atoms with Crippen molar-refractivity contribution >= 4 is 34.2 Å². The molecule has 0 spiro atoms. The predicted molar refractivity (Wildman–Crippen MR) is 125 cm³/mol. The number of benzene rings is 1. The largest absolute Gasteiger partial charge is 0.465 e. The highest BCUT2D eigenvalue weighted by Gasteiger charge is 2.27. The number of thiophene rings is 1. The van der Waals surface area contributed by atoms with Gasteiger partial charge >= 0.3 is 11.9 Å². The molecule has 2 aromatic heterocycles. The SMILES string of the molecule is COC(=O)c1c(NC(=O)COC(=O)c2ccc(-c3nc(C)c(C)[nH]3)cc2)sc2c1CCCC2. The number of fused-ring (bicyclic) bond motifs is 1. The van der Waals surface area contributed by atoms with E-state index in [1.807, 2.05) is 13.8 Å². The third kappa shape index (κ3) is 4.83. The van der Waals surface area contributed by atoms with E-state index < -0.39 is 24.5 Å². The van der Waals surface area contributed by atoms with E-state index >= 15 is 0 Å². The van der Waals surface area contributed by atoms with Gasteiger partial charge in [0.15, 0.2) is 6.61 Å². The minimum absolute atomic E-state index is 0.327. The lowest BCUT2D eigenvalue weighted by atomic mass is 9.95. The van der Waals surface area contributed by atoms with Gasteiger partial charge in [-0.15, -0.1) is 11.3 Å². The van der Waals surface area contributed by atoms with Crippen LogP contribution in [0.5, 0.6) is 0 Å². The fourth-order valence-corrected chi connectivity index (χ4v) is 5.09. The molecule has 1 aliphatic rings. The first kappa shape index (κ1) is 22.7. The second-order valence-electron chi connectivity index (χ2n) is 7.90. The molecule has 172 valence electrons. The van der Waals surface area contributed by atoms with Crippen LogP contribution in [-0.4, -0.2) is 41.5 Å². The molecular formula is C24H25N3O5S. The molecular weight excluding hydrogens is 442 g/mol. The van der Waals surface area contributed by atoms with Crippen LogP contribution in [0.1, 0.15) is 55.4 Å². The third-order valence-corrected chi connectivity index (χ3v) is 6.88. The van der Waals surface area contributed by atoms with Gasteiger partial charge < -0.3 is 19.8 Å². The van der Waals surface area contributed by atoms with E-state index in [2.05, 4.69) is 15.3 Å². The highest BCUT2D eigenvalue weighted by Crippen LogP contribution is 2.38. The Balaban J connectivity index is 1.39. The van der Waals surface area contributed by atoms with Crippen LogP contribution in [0, 0.1) is 13.8 Å². The van der Waals surface area contributed by atoms with E-state index in [9.17, 15) is 14.4 Å². The first-order chi connectivity index (χ1) is 15.9. The summed E-state index contributed by atoms with van der Waals surface area (Å²) in [5, 5.41) is 3.16. The zero-order valence-electron chi connectivity index (χ0n) is 18.7. The number of amides is 1. The fourth-order valence-electron chi connectivity index (χ4n) is 3.80. The molecule has 3 aromatic rings. The molecule has 0 bridgehead atoms. The van der Waals surface area contributed by atoms with Crippen molar-refractivity contribution in [3.05, 3.63) is 57.2 Å². The lowest BCUT2D eigenvalue weighted by Gasteiger charge is -2.11. The van der Waals surface area contributed by atoms with Crippen molar-refractivity contribution in [2.45, 2.75) is 39.5 Å². The Bertz CT molecular complexity index is 1190. The number of esters is 2. The summed E-state index contributed by atoms with van der Waals surface area (Å²) in [5.74, 6) is -0.861. The number of nitrogens with zero attached hydrogens (tertiary/aromatic N) is 1. The number of methoxy groups -OCH3 is 1. The Morgan fingerprint density at radius 3 is 2.48 bits per heavy atom. The molecule has 0 saturated carbocycles. The molecule has 9 heteroatoms. The van der Waals surface area contributed by atoms with Crippen LogP contribution in [0.25, 0.3) is 11.4 Å². The van der Waals surface area contributed by atoms with E-state index in [4.69, 9.17) is 9.47 Å². The molecule has 8 nitrogen and oxygen atoms in total. The Morgan fingerprint density at radius 1 is 1.09 bits per heavy atom.